The molecule has 0 unspecified atom stereocenters. The minimum Gasteiger partial charge on any atom is -0.339 e. The smallest absolute Gasteiger partial charge is 0.245 e. The number of hydrogen-bond donors (Lipinski definition) is 0. The summed E-state index contributed by atoms with van der Waals surface area (Å²) in [5.74, 6) is 0.0935. The van der Waals surface area contributed by atoms with E-state index in [2.05, 4.69) is 23.4 Å². The second-order valence-electron chi connectivity index (χ2n) is 5.54. The van der Waals surface area contributed by atoms with Crippen LogP contribution in [0.3, 0.4) is 0 Å². The van der Waals surface area contributed by atoms with Gasteiger partial charge in [0.05, 0.1) is 23.9 Å². The van der Waals surface area contributed by atoms with E-state index in [1.165, 1.54) is 10.4 Å². The summed E-state index contributed by atoms with van der Waals surface area (Å²) < 4.78 is 1.94. The molecule has 0 aliphatic rings. The fraction of sp³-hybridized carbons (Fsp3) is 0.294. The van der Waals surface area contributed by atoms with E-state index in [1.807, 2.05) is 42.8 Å². The van der Waals surface area contributed by atoms with Gasteiger partial charge in [-0.2, -0.15) is 0 Å². The van der Waals surface area contributed by atoms with Crippen LogP contribution in [0.15, 0.2) is 42.0 Å². The van der Waals surface area contributed by atoms with Crippen LogP contribution in [0, 0.1) is 6.92 Å². The molecule has 0 saturated heterocycles. The average Bonchev–Trinajstić information content (AvgIpc) is 3.12. The van der Waals surface area contributed by atoms with Crippen LogP contribution in [0.1, 0.15) is 23.4 Å². The zero-order chi connectivity index (χ0) is 15.7. The maximum Gasteiger partial charge on any atom is 0.245 e. The van der Waals surface area contributed by atoms with Crippen LogP contribution < -0.4 is 0 Å². The van der Waals surface area contributed by atoms with E-state index in [4.69, 9.17) is 0 Å². The Morgan fingerprint density at radius 2 is 2.14 bits per heavy atom. The maximum absolute atomic E-state index is 12.7. The molecule has 3 aromatic rings. The molecule has 0 fully saturated rings. The van der Waals surface area contributed by atoms with Crippen molar-refractivity contribution in [3.8, 4) is 0 Å². The SMILES string of the molecule is Cc1ccsc1CN(C)C(=O)[C@@H](C)n1cnc2ccccc21. The monoisotopic (exact) mass is 313 g/mol. The minimum atomic E-state index is -0.266. The molecule has 22 heavy (non-hydrogen) atoms. The van der Waals surface area contributed by atoms with Crippen molar-refractivity contribution in [3.05, 3.63) is 52.5 Å². The van der Waals surface area contributed by atoms with Gasteiger partial charge in [-0.25, -0.2) is 4.98 Å². The first kappa shape index (κ1) is 14.8. The number of hydrogen-bond acceptors (Lipinski definition) is 3. The minimum absolute atomic E-state index is 0.0935. The molecular formula is C17H19N3OS. The third-order valence-electron chi connectivity index (χ3n) is 3.98. The fourth-order valence-corrected chi connectivity index (χ4v) is 3.54. The number of rotatable bonds is 4. The molecule has 0 radical (unpaired) electrons. The van der Waals surface area contributed by atoms with Crippen molar-refractivity contribution in [3.63, 3.8) is 0 Å². The first-order chi connectivity index (χ1) is 10.6. The molecule has 3 rings (SSSR count). The Morgan fingerprint density at radius 1 is 1.36 bits per heavy atom. The van der Waals surface area contributed by atoms with E-state index >= 15 is 0 Å². The Balaban J connectivity index is 1.80. The van der Waals surface area contributed by atoms with Crippen molar-refractivity contribution in [2.24, 2.45) is 0 Å². The first-order valence-electron chi connectivity index (χ1n) is 7.27. The number of nitrogens with zero attached hydrogens (tertiary/aromatic N) is 3. The van der Waals surface area contributed by atoms with Gasteiger partial charge < -0.3 is 9.47 Å². The van der Waals surface area contributed by atoms with Crippen molar-refractivity contribution in [1.29, 1.82) is 0 Å². The van der Waals surface area contributed by atoms with Gasteiger partial charge in [0.25, 0.3) is 0 Å². The van der Waals surface area contributed by atoms with Crippen LogP contribution in [-0.4, -0.2) is 27.4 Å². The Bertz CT molecular complexity index is 805. The summed E-state index contributed by atoms with van der Waals surface area (Å²) in [7, 11) is 1.86. The zero-order valence-corrected chi connectivity index (χ0v) is 13.8. The number of carbonyl (C=O) groups excluding carboxylic acids is 1. The standard InChI is InChI=1S/C17H19N3OS/c1-12-8-9-22-16(12)10-19(3)17(21)13(2)20-11-18-14-6-4-5-7-15(14)20/h4-9,11,13H,10H2,1-3H3/t13-/m1/s1. The highest BCUT2D eigenvalue weighted by atomic mass is 32.1. The molecule has 0 saturated carbocycles. The normalized spacial score (nSPS) is 12.5. The topological polar surface area (TPSA) is 38.1 Å². The Morgan fingerprint density at radius 3 is 2.86 bits per heavy atom. The molecule has 1 atom stereocenters. The average molecular weight is 313 g/mol. The largest absolute Gasteiger partial charge is 0.339 e. The molecular weight excluding hydrogens is 294 g/mol. The van der Waals surface area contributed by atoms with Gasteiger partial charge in [0.2, 0.25) is 5.91 Å². The van der Waals surface area contributed by atoms with Gasteiger partial charge in [-0.15, -0.1) is 11.3 Å². The van der Waals surface area contributed by atoms with Crippen LogP contribution in [0.4, 0.5) is 0 Å². The van der Waals surface area contributed by atoms with Crippen molar-refractivity contribution in [1.82, 2.24) is 14.5 Å². The van der Waals surface area contributed by atoms with E-state index in [0.717, 1.165) is 11.0 Å². The number of aromatic nitrogens is 2. The summed E-state index contributed by atoms with van der Waals surface area (Å²) in [6.07, 6.45) is 1.75. The van der Waals surface area contributed by atoms with Gasteiger partial charge >= 0.3 is 0 Å². The van der Waals surface area contributed by atoms with E-state index in [0.29, 0.717) is 6.54 Å². The summed E-state index contributed by atoms with van der Waals surface area (Å²) in [4.78, 5) is 20.1. The second-order valence-corrected chi connectivity index (χ2v) is 6.54. The quantitative estimate of drug-likeness (QED) is 0.738. The van der Waals surface area contributed by atoms with Crippen LogP contribution >= 0.6 is 11.3 Å². The molecule has 0 N–H and O–H groups in total. The lowest BCUT2D eigenvalue weighted by molar-refractivity contribution is -0.133. The third kappa shape index (κ3) is 2.64. The third-order valence-corrected chi connectivity index (χ3v) is 4.99. The van der Waals surface area contributed by atoms with Crippen LogP contribution in [0.2, 0.25) is 0 Å². The number of aryl methyl sites for hydroxylation is 1. The van der Waals surface area contributed by atoms with E-state index < -0.39 is 0 Å². The predicted octanol–water partition coefficient (Wildman–Crippen LogP) is 3.63. The zero-order valence-electron chi connectivity index (χ0n) is 13.0. The van der Waals surface area contributed by atoms with E-state index in [9.17, 15) is 4.79 Å². The van der Waals surface area contributed by atoms with Gasteiger partial charge in [0.15, 0.2) is 0 Å². The maximum atomic E-state index is 12.7. The number of likely N-dealkylation sites (N-methyl/N-ethyl adjacent to an activating group) is 1. The van der Waals surface area contributed by atoms with Crippen molar-refractivity contribution in [2.45, 2.75) is 26.4 Å². The number of thiophene rings is 1. The molecule has 0 bridgehead atoms. The summed E-state index contributed by atoms with van der Waals surface area (Å²) in [5.41, 5.74) is 3.15. The lowest BCUT2D eigenvalue weighted by Crippen LogP contribution is -2.32. The molecule has 2 heterocycles. The summed E-state index contributed by atoms with van der Waals surface area (Å²) in [6.45, 7) is 4.66. The number of fused-ring (bicyclic) bond motifs is 1. The predicted molar refractivity (Wildman–Crippen MR) is 90.0 cm³/mol. The van der Waals surface area contributed by atoms with Gasteiger partial charge in [0, 0.05) is 11.9 Å². The first-order valence-corrected chi connectivity index (χ1v) is 8.15. The van der Waals surface area contributed by atoms with Crippen molar-refractivity contribution in [2.75, 3.05) is 7.05 Å². The molecule has 0 aliphatic heterocycles. The highest BCUT2D eigenvalue weighted by Crippen LogP contribution is 2.21. The molecule has 0 aliphatic carbocycles. The summed E-state index contributed by atoms with van der Waals surface area (Å²) >= 11 is 1.69. The molecule has 114 valence electrons. The van der Waals surface area contributed by atoms with Crippen molar-refractivity contribution >= 4 is 28.3 Å². The van der Waals surface area contributed by atoms with Crippen LogP contribution in [0.5, 0.6) is 0 Å². The van der Waals surface area contributed by atoms with E-state index in [-0.39, 0.29) is 11.9 Å². The lowest BCUT2D eigenvalue weighted by atomic mass is 10.2. The molecule has 2 aromatic heterocycles. The van der Waals surface area contributed by atoms with Crippen molar-refractivity contribution < 1.29 is 4.79 Å². The molecule has 1 amide bonds. The molecule has 4 nitrogen and oxygen atoms in total. The van der Waals surface area contributed by atoms with Gasteiger partial charge in [-0.3, -0.25) is 4.79 Å². The number of amides is 1. The number of imidazole rings is 1. The Labute approximate surface area is 134 Å². The molecule has 5 heteroatoms. The Kier molecular flexibility index (Phi) is 3.98. The second kappa shape index (κ2) is 5.93. The van der Waals surface area contributed by atoms with E-state index in [1.54, 1.807) is 22.6 Å². The molecule has 1 aromatic carbocycles. The van der Waals surface area contributed by atoms with Gasteiger partial charge in [-0.05, 0) is 43.0 Å². The highest BCUT2D eigenvalue weighted by Gasteiger charge is 2.21. The van der Waals surface area contributed by atoms with Gasteiger partial charge in [-0.1, -0.05) is 12.1 Å². The highest BCUT2D eigenvalue weighted by molar-refractivity contribution is 7.10. The summed E-state index contributed by atoms with van der Waals surface area (Å²) in [6, 6.07) is 9.70. The number of benzene rings is 1. The van der Waals surface area contributed by atoms with Gasteiger partial charge in [0.1, 0.15) is 6.04 Å². The fourth-order valence-electron chi connectivity index (χ4n) is 2.58. The summed E-state index contributed by atoms with van der Waals surface area (Å²) in [5, 5.41) is 2.07. The van der Waals surface area contributed by atoms with Crippen LogP contribution in [0.25, 0.3) is 11.0 Å². The Hall–Kier alpha value is -2.14. The number of para-hydroxylation sites is 2. The van der Waals surface area contributed by atoms with Crippen LogP contribution in [-0.2, 0) is 11.3 Å². The molecule has 0 spiro atoms. The number of carbonyl (C=O) groups is 1. The lowest BCUT2D eigenvalue weighted by Gasteiger charge is -2.22.